The number of rotatable bonds is 6. The maximum atomic E-state index is 13.6. The van der Waals surface area contributed by atoms with Gasteiger partial charge in [0.25, 0.3) is 0 Å². The van der Waals surface area contributed by atoms with Gasteiger partial charge in [-0.05, 0) is 72.2 Å². The lowest BCUT2D eigenvalue weighted by Gasteiger charge is -2.18. The number of aliphatic hydroxyl groups is 1. The fourth-order valence-corrected chi connectivity index (χ4v) is 5.15. The van der Waals surface area contributed by atoms with Gasteiger partial charge in [-0.15, -0.1) is 11.3 Å². The quantitative estimate of drug-likeness (QED) is 0.329. The number of carbonyl (C=O) groups is 1. The van der Waals surface area contributed by atoms with Gasteiger partial charge in [-0.25, -0.2) is 0 Å². The van der Waals surface area contributed by atoms with E-state index in [4.69, 9.17) is 4.74 Å². The van der Waals surface area contributed by atoms with Gasteiger partial charge >= 0.3 is 0 Å². The van der Waals surface area contributed by atoms with Crippen molar-refractivity contribution in [2.24, 2.45) is 0 Å². The molecule has 4 heteroatoms. The third-order valence-corrected chi connectivity index (χ3v) is 6.72. The average Bonchev–Trinajstić information content (AvgIpc) is 3.24. The highest BCUT2D eigenvalue weighted by Gasteiger charge is 2.25. The molecule has 0 aliphatic carbocycles. The van der Waals surface area contributed by atoms with Crippen LogP contribution in [0.5, 0.6) is 5.75 Å². The first-order valence-corrected chi connectivity index (χ1v) is 11.4. The van der Waals surface area contributed by atoms with Crippen LogP contribution in [0.25, 0.3) is 21.6 Å². The second-order valence-electron chi connectivity index (χ2n) is 8.04. The van der Waals surface area contributed by atoms with Gasteiger partial charge in [-0.2, -0.15) is 0 Å². The normalized spacial score (nSPS) is 11.9. The summed E-state index contributed by atoms with van der Waals surface area (Å²) in [6.45, 7) is 5.90. The van der Waals surface area contributed by atoms with Crippen LogP contribution >= 0.6 is 11.3 Å². The molecule has 162 valence electrons. The summed E-state index contributed by atoms with van der Waals surface area (Å²) in [6.07, 6.45) is -1.26. The van der Waals surface area contributed by atoms with Gasteiger partial charge in [-0.3, -0.25) is 4.79 Å². The van der Waals surface area contributed by atoms with Crippen LogP contribution in [0.2, 0.25) is 0 Å². The van der Waals surface area contributed by atoms with Crippen molar-refractivity contribution in [2.45, 2.75) is 26.9 Å². The Morgan fingerprint density at radius 1 is 0.938 bits per heavy atom. The number of hydrogen-bond acceptors (Lipinski definition) is 4. The summed E-state index contributed by atoms with van der Waals surface area (Å²) in [5.74, 6) is 0.455. The van der Waals surface area contributed by atoms with E-state index in [9.17, 15) is 9.90 Å². The Morgan fingerprint density at radius 2 is 1.62 bits per heavy atom. The third-order valence-electron chi connectivity index (χ3n) is 5.64. The van der Waals surface area contributed by atoms with Gasteiger partial charge in [-0.1, -0.05) is 48.5 Å². The molecule has 4 aromatic rings. The van der Waals surface area contributed by atoms with Crippen molar-refractivity contribution in [2.75, 3.05) is 7.11 Å². The summed E-state index contributed by atoms with van der Waals surface area (Å²) in [5, 5.41) is 13.2. The topological polar surface area (TPSA) is 46.5 Å². The van der Waals surface area contributed by atoms with Gasteiger partial charge in [0, 0.05) is 21.6 Å². The molecule has 0 aliphatic heterocycles. The Balaban J connectivity index is 1.85. The summed E-state index contributed by atoms with van der Waals surface area (Å²) in [7, 11) is 1.63. The zero-order chi connectivity index (χ0) is 22.8. The molecule has 0 fully saturated rings. The lowest BCUT2D eigenvalue weighted by molar-refractivity contribution is 0.0748. The zero-order valence-corrected chi connectivity index (χ0v) is 19.5. The number of ether oxygens (including phenoxy) is 1. The zero-order valence-electron chi connectivity index (χ0n) is 18.7. The number of thiophene rings is 1. The molecule has 0 amide bonds. The molecule has 0 spiro atoms. The minimum Gasteiger partial charge on any atom is -0.496 e. The molecular weight excluding hydrogens is 416 g/mol. The Hall–Kier alpha value is -3.21. The molecule has 0 bridgehead atoms. The SMILES string of the molecule is COc1c(C)cc(C(O)C(=O)c2cccc(-c3cc(C)cs3)c2-c2ccccc2)cc1C. The van der Waals surface area contributed by atoms with Crippen molar-refractivity contribution in [1.29, 1.82) is 0 Å². The molecule has 1 atom stereocenters. The van der Waals surface area contributed by atoms with Crippen LogP contribution in [0.4, 0.5) is 0 Å². The second-order valence-corrected chi connectivity index (χ2v) is 8.95. The van der Waals surface area contributed by atoms with Gasteiger partial charge in [0.1, 0.15) is 11.9 Å². The highest BCUT2D eigenvalue weighted by molar-refractivity contribution is 7.13. The highest BCUT2D eigenvalue weighted by Crippen LogP contribution is 2.39. The Kier molecular flexibility index (Phi) is 6.26. The van der Waals surface area contributed by atoms with E-state index in [0.29, 0.717) is 11.1 Å². The monoisotopic (exact) mass is 442 g/mol. The predicted molar refractivity (Wildman–Crippen MR) is 132 cm³/mol. The van der Waals surface area contributed by atoms with Crippen molar-refractivity contribution < 1.29 is 14.6 Å². The molecule has 4 rings (SSSR count). The second kappa shape index (κ2) is 9.11. The summed E-state index contributed by atoms with van der Waals surface area (Å²) in [5.41, 5.74) is 6.84. The first-order valence-electron chi connectivity index (χ1n) is 10.5. The first kappa shape index (κ1) is 22.0. The number of hydrogen-bond donors (Lipinski definition) is 1. The van der Waals surface area contributed by atoms with E-state index in [1.54, 1.807) is 24.5 Å². The molecule has 0 saturated heterocycles. The predicted octanol–water partition coefficient (Wildman–Crippen LogP) is 6.93. The van der Waals surface area contributed by atoms with E-state index in [1.807, 2.05) is 68.4 Å². The smallest absolute Gasteiger partial charge is 0.196 e. The fourth-order valence-electron chi connectivity index (χ4n) is 4.21. The van der Waals surface area contributed by atoms with Crippen LogP contribution in [-0.2, 0) is 0 Å². The lowest BCUT2D eigenvalue weighted by atomic mass is 9.88. The van der Waals surface area contributed by atoms with Gasteiger partial charge in [0.2, 0.25) is 0 Å². The van der Waals surface area contributed by atoms with E-state index in [-0.39, 0.29) is 5.78 Å². The van der Waals surface area contributed by atoms with Crippen molar-refractivity contribution in [1.82, 2.24) is 0 Å². The minimum absolute atomic E-state index is 0.317. The number of carbonyl (C=O) groups excluding carboxylic acids is 1. The third kappa shape index (κ3) is 4.12. The molecule has 1 N–H and O–H groups in total. The Labute approximate surface area is 193 Å². The summed E-state index contributed by atoms with van der Waals surface area (Å²) < 4.78 is 5.43. The number of ketones is 1. The van der Waals surface area contributed by atoms with Crippen LogP contribution in [0, 0.1) is 20.8 Å². The Morgan fingerprint density at radius 3 is 2.22 bits per heavy atom. The molecule has 1 unspecified atom stereocenters. The molecule has 0 aliphatic rings. The number of aliphatic hydroxyl groups excluding tert-OH is 1. The summed E-state index contributed by atoms with van der Waals surface area (Å²) in [4.78, 5) is 14.7. The maximum absolute atomic E-state index is 13.6. The van der Waals surface area contributed by atoms with Crippen LogP contribution < -0.4 is 4.74 Å². The first-order chi connectivity index (χ1) is 15.4. The molecule has 0 saturated carbocycles. The molecule has 0 radical (unpaired) electrons. The van der Waals surface area contributed by atoms with Crippen molar-refractivity contribution in [3.8, 4) is 27.3 Å². The van der Waals surface area contributed by atoms with Crippen molar-refractivity contribution >= 4 is 17.1 Å². The van der Waals surface area contributed by atoms with E-state index >= 15 is 0 Å². The number of aryl methyl sites for hydroxylation is 3. The van der Waals surface area contributed by atoms with Crippen LogP contribution in [0.15, 0.2) is 72.1 Å². The number of benzene rings is 3. The van der Waals surface area contributed by atoms with Crippen LogP contribution in [0.1, 0.15) is 38.7 Å². The van der Waals surface area contributed by atoms with E-state index in [2.05, 4.69) is 18.4 Å². The summed E-state index contributed by atoms with van der Waals surface area (Å²) >= 11 is 1.66. The van der Waals surface area contributed by atoms with Crippen molar-refractivity contribution in [3.63, 3.8) is 0 Å². The highest BCUT2D eigenvalue weighted by atomic mass is 32.1. The molecular formula is C28H26O3S. The standard InChI is InChI=1S/C28H26O3S/c1-17-13-24(32-16-17)22-11-8-12-23(25(22)20-9-6-5-7-10-20)27(30)26(29)21-14-18(2)28(31-4)19(3)15-21/h5-16,26,29H,1-4H3. The van der Waals surface area contributed by atoms with E-state index < -0.39 is 6.10 Å². The van der Waals surface area contributed by atoms with E-state index in [0.717, 1.165) is 38.4 Å². The summed E-state index contributed by atoms with van der Waals surface area (Å²) in [6, 6.07) is 21.4. The number of Topliss-reactive ketones (excluding diaryl/α,β-unsaturated/α-hetero) is 1. The van der Waals surface area contributed by atoms with Gasteiger partial charge in [0.05, 0.1) is 7.11 Å². The Bertz CT molecular complexity index is 1250. The van der Waals surface area contributed by atoms with Gasteiger partial charge < -0.3 is 9.84 Å². The lowest BCUT2D eigenvalue weighted by Crippen LogP contribution is -2.14. The maximum Gasteiger partial charge on any atom is 0.196 e. The number of methoxy groups -OCH3 is 1. The van der Waals surface area contributed by atoms with E-state index in [1.165, 1.54) is 5.56 Å². The average molecular weight is 443 g/mol. The van der Waals surface area contributed by atoms with Crippen LogP contribution in [0.3, 0.4) is 0 Å². The largest absolute Gasteiger partial charge is 0.496 e. The molecule has 3 aromatic carbocycles. The minimum atomic E-state index is -1.26. The molecule has 3 nitrogen and oxygen atoms in total. The fraction of sp³-hybridized carbons (Fsp3) is 0.179. The molecule has 1 aromatic heterocycles. The van der Waals surface area contributed by atoms with Crippen LogP contribution in [-0.4, -0.2) is 18.0 Å². The van der Waals surface area contributed by atoms with Crippen molar-refractivity contribution in [3.05, 3.63) is 99.9 Å². The molecule has 32 heavy (non-hydrogen) atoms. The molecule has 1 heterocycles. The van der Waals surface area contributed by atoms with Gasteiger partial charge in [0.15, 0.2) is 5.78 Å².